The Hall–Kier alpha value is -1.51. The Labute approximate surface area is 124 Å². The molecule has 1 unspecified atom stereocenters. The summed E-state index contributed by atoms with van der Waals surface area (Å²) in [5.74, 6) is -3.71. The molecule has 0 amide bonds. The maximum absolute atomic E-state index is 13.3. The van der Waals surface area contributed by atoms with Gasteiger partial charge in [0.25, 0.3) is 0 Å². The van der Waals surface area contributed by atoms with Crippen LogP contribution in [-0.2, 0) is 0 Å². The van der Waals surface area contributed by atoms with Crippen LogP contribution in [0.2, 0.25) is 0 Å². The van der Waals surface area contributed by atoms with Gasteiger partial charge in [-0.3, -0.25) is 0 Å². The lowest BCUT2D eigenvalue weighted by Gasteiger charge is -2.17. The van der Waals surface area contributed by atoms with Gasteiger partial charge in [0.15, 0.2) is 17.5 Å². The lowest BCUT2D eigenvalue weighted by molar-refractivity contribution is 0.444. The number of benzene rings is 1. The van der Waals surface area contributed by atoms with Crippen LogP contribution in [0.1, 0.15) is 56.9 Å². The van der Waals surface area contributed by atoms with Crippen molar-refractivity contribution >= 4 is 0 Å². The first-order chi connectivity index (χ1) is 10.1. The summed E-state index contributed by atoms with van der Waals surface area (Å²) in [5.41, 5.74) is 1.77. The molecule has 114 valence electrons. The van der Waals surface area contributed by atoms with E-state index >= 15 is 0 Å². The largest absolute Gasteiger partial charge is 0.204 e. The first-order valence-corrected chi connectivity index (χ1v) is 7.63. The quantitative estimate of drug-likeness (QED) is 0.443. The Morgan fingerprint density at radius 3 is 2.33 bits per heavy atom. The molecule has 1 aliphatic rings. The highest BCUT2D eigenvalue weighted by atomic mass is 19.2. The van der Waals surface area contributed by atoms with Gasteiger partial charge < -0.3 is 0 Å². The standard InChI is InChI=1S/C18H21F3/c1-2-3-4-5-6-13-7-9-14(10-8-13)15-11-16(19)18(21)17(20)12-15/h7-9,11-12,14H,2-6,10H2,1H3. The summed E-state index contributed by atoms with van der Waals surface area (Å²) in [4.78, 5) is 0. The average Bonchev–Trinajstić information content (AvgIpc) is 2.49. The highest BCUT2D eigenvalue weighted by Gasteiger charge is 2.16. The minimum absolute atomic E-state index is 0.0750. The fourth-order valence-corrected chi connectivity index (χ4v) is 2.64. The molecule has 0 N–H and O–H groups in total. The van der Waals surface area contributed by atoms with E-state index in [9.17, 15) is 13.2 Å². The molecular weight excluding hydrogens is 273 g/mol. The third-order valence-electron chi connectivity index (χ3n) is 3.93. The van der Waals surface area contributed by atoms with E-state index in [1.165, 1.54) is 31.3 Å². The van der Waals surface area contributed by atoms with Gasteiger partial charge in [-0.2, -0.15) is 0 Å². The summed E-state index contributed by atoms with van der Waals surface area (Å²) < 4.78 is 39.5. The molecule has 0 saturated heterocycles. The number of rotatable bonds is 6. The maximum atomic E-state index is 13.3. The van der Waals surface area contributed by atoms with Gasteiger partial charge in [0.05, 0.1) is 0 Å². The molecule has 0 saturated carbocycles. The number of hydrogen-bond acceptors (Lipinski definition) is 0. The zero-order valence-corrected chi connectivity index (χ0v) is 12.3. The van der Waals surface area contributed by atoms with E-state index in [4.69, 9.17) is 0 Å². The van der Waals surface area contributed by atoms with Gasteiger partial charge in [0.1, 0.15) is 0 Å². The highest BCUT2D eigenvalue weighted by Crippen LogP contribution is 2.30. The number of unbranched alkanes of at least 4 members (excludes halogenated alkanes) is 3. The number of allylic oxidation sites excluding steroid dienone is 4. The van der Waals surface area contributed by atoms with Crippen molar-refractivity contribution in [1.29, 1.82) is 0 Å². The topological polar surface area (TPSA) is 0 Å². The van der Waals surface area contributed by atoms with Crippen LogP contribution in [0.4, 0.5) is 13.2 Å². The van der Waals surface area contributed by atoms with Crippen molar-refractivity contribution in [3.05, 3.63) is 58.9 Å². The van der Waals surface area contributed by atoms with Crippen molar-refractivity contribution in [2.24, 2.45) is 0 Å². The molecule has 1 aromatic carbocycles. The second-order valence-electron chi connectivity index (χ2n) is 5.59. The molecule has 0 bridgehead atoms. The molecule has 0 spiro atoms. The summed E-state index contributed by atoms with van der Waals surface area (Å²) in [6, 6.07) is 2.18. The smallest absolute Gasteiger partial charge is 0.194 e. The van der Waals surface area contributed by atoms with Gasteiger partial charge in [-0.05, 0) is 37.0 Å². The lowest BCUT2D eigenvalue weighted by Crippen LogP contribution is -2.02. The highest BCUT2D eigenvalue weighted by molar-refractivity contribution is 5.33. The van der Waals surface area contributed by atoms with Gasteiger partial charge >= 0.3 is 0 Å². The Kier molecular flexibility index (Phi) is 5.66. The Bertz CT molecular complexity index is 520. The third kappa shape index (κ3) is 4.23. The van der Waals surface area contributed by atoms with Crippen molar-refractivity contribution in [2.75, 3.05) is 0 Å². The summed E-state index contributed by atoms with van der Waals surface area (Å²) in [5, 5.41) is 0. The van der Waals surface area contributed by atoms with Crippen LogP contribution < -0.4 is 0 Å². The minimum atomic E-state index is -1.40. The molecule has 0 aliphatic heterocycles. The Morgan fingerprint density at radius 1 is 1.05 bits per heavy atom. The van der Waals surface area contributed by atoms with E-state index < -0.39 is 17.5 Å². The van der Waals surface area contributed by atoms with Gasteiger partial charge in [-0.15, -0.1) is 0 Å². The molecule has 1 atom stereocenters. The number of hydrogen-bond donors (Lipinski definition) is 0. The van der Waals surface area contributed by atoms with Gasteiger partial charge in [-0.1, -0.05) is 50.0 Å². The molecule has 0 radical (unpaired) electrons. The van der Waals surface area contributed by atoms with Crippen LogP contribution in [0.3, 0.4) is 0 Å². The van der Waals surface area contributed by atoms with Crippen molar-refractivity contribution in [3.8, 4) is 0 Å². The van der Waals surface area contributed by atoms with Crippen molar-refractivity contribution in [2.45, 2.75) is 51.4 Å². The van der Waals surface area contributed by atoms with E-state index in [1.54, 1.807) is 0 Å². The zero-order chi connectivity index (χ0) is 15.2. The summed E-state index contributed by atoms with van der Waals surface area (Å²) in [7, 11) is 0. The molecule has 0 heterocycles. The Morgan fingerprint density at radius 2 is 1.76 bits per heavy atom. The van der Waals surface area contributed by atoms with Crippen LogP contribution in [0.25, 0.3) is 0 Å². The van der Waals surface area contributed by atoms with Crippen molar-refractivity contribution in [3.63, 3.8) is 0 Å². The summed E-state index contributed by atoms with van der Waals surface area (Å²) >= 11 is 0. The fourth-order valence-electron chi connectivity index (χ4n) is 2.64. The van der Waals surface area contributed by atoms with Gasteiger partial charge in [0.2, 0.25) is 0 Å². The predicted octanol–water partition coefficient (Wildman–Crippen LogP) is 6.04. The van der Waals surface area contributed by atoms with E-state index in [-0.39, 0.29) is 5.92 Å². The first-order valence-electron chi connectivity index (χ1n) is 7.63. The van der Waals surface area contributed by atoms with Gasteiger partial charge in [0, 0.05) is 5.92 Å². The van der Waals surface area contributed by atoms with Crippen molar-refractivity contribution in [1.82, 2.24) is 0 Å². The summed E-state index contributed by atoms with van der Waals surface area (Å²) in [6.07, 6.45) is 12.8. The molecule has 0 fully saturated rings. The second kappa shape index (κ2) is 7.48. The predicted molar refractivity (Wildman–Crippen MR) is 79.7 cm³/mol. The number of halogens is 3. The first kappa shape index (κ1) is 15.9. The molecule has 0 aromatic heterocycles. The van der Waals surface area contributed by atoms with E-state index in [0.29, 0.717) is 12.0 Å². The SMILES string of the molecule is CCCCCCC1=CCC(c2cc(F)c(F)c(F)c2)C=C1. The molecule has 21 heavy (non-hydrogen) atoms. The molecule has 2 rings (SSSR count). The molecular formula is C18H21F3. The van der Waals surface area contributed by atoms with Crippen LogP contribution in [0.5, 0.6) is 0 Å². The zero-order valence-electron chi connectivity index (χ0n) is 12.3. The van der Waals surface area contributed by atoms with Gasteiger partial charge in [-0.25, -0.2) is 13.2 Å². The normalized spacial score (nSPS) is 17.9. The third-order valence-corrected chi connectivity index (χ3v) is 3.93. The van der Waals surface area contributed by atoms with Crippen molar-refractivity contribution < 1.29 is 13.2 Å². The van der Waals surface area contributed by atoms with E-state index in [2.05, 4.69) is 13.0 Å². The second-order valence-corrected chi connectivity index (χ2v) is 5.59. The molecule has 3 heteroatoms. The lowest BCUT2D eigenvalue weighted by atomic mass is 9.88. The van der Waals surface area contributed by atoms with Crippen LogP contribution in [0.15, 0.2) is 35.9 Å². The molecule has 1 aromatic rings. The molecule has 0 nitrogen and oxygen atoms in total. The van der Waals surface area contributed by atoms with E-state index in [1.807, 2.05) is 12.2 Å². The fraction of sp³-hybridized carbons (Fsp3) is 0.444. The Balaban J connectivity index is 1.95. The maximum Gasteiger partial charge on any atom is 0.194 e. The van der Waals surface area contributed by atoms with Crippen LogP contribution in [-0.4, -0.2) is 0 Å². The average molecular weight is 294 g/mol. The van der Waals surface area contributed by atoms with E-state index in [0.717, 1.165) is 18.6 Å². The summed E-state index contributed by atoms with van der Waals surface area (Å²) in [6.45, 7) is 2.19. The van der Waals surface area contributed by atoms with Crippen LogP contribution >= 0.6 is 0 Å². The monoisotopic (exact) mass is 294 g/mol. The van der Waals surface area contributed by atoms with Crippen LogP contribution in [0, 0.1) is 17.5 Å². The molecule has 1 aliphatic carbocycles. The minimum Gasteiger partial charge on any atom is -0.204 e.